The van der Waals surface area contributed by atoms with Gasteiger partial charge in [-0.15, -0.1) is 0 Å². The van der Waals surface area contributed by atoms with E-state index >= 15 is 0 Å². The molecular weight excluding hydrogens is 200 g/mol. The summed E-state index contributed by atoms with van der Waals surface area (Å²) in [5, 5.41) is 4.14. The number of rotatable bonds is 4. The Morgan fingerprint density at radius 3 is 3.00 bits per heavy atom. The van der Waals surface area contributed by atoms with Gasteiger partial charge < -0.3 is 4.74 Å². The lowest BCUT2D eigenvalue weighted by Crippen LogP contribution is -2.41. The van der Waals surface area contributed by atoms with Crippen molar-refractivity contribution < 1.29 is 4.74 Å². The smallest absolute Gasteiger partial charge is 0.0594 e. The van der Waals surface area contributed by atoms with Gasteiger partial charge in [0.05, 0.1) is 19.0 Å². The van der Waals surface area contributed by atoms with Crippen LogP contribution in [0.2, 0.25) is 0 Å². The Balaban J connectivity index is 1.55. The first-order valence-electron chi connectivity index (χ1n) is 4.94. The van der Waals surface area contributed by atoms with Gasteiger partial charge in [0, 0.05) is 32.4 Å². The number of hydrazine groups is 1. The van der Waals surface area contributed by atoms with Crippen molar-refractivity contribution in [3.8, 4) is 0 Å². The highest BCUT2D eigenvalue weighted by Crippen LogP contribution is 2.10. The van der Waals surface area contributed by atoms with Crippen molar-refractivity contribution >= 4 is 18.2 Å². The maximum atomic E-state index is 5.28. The third-order valence-corrected chi connectivity index (χ3v) is 3.00. The summed E-state index contributed by atoms with van der Waals surface area (Å²) >= 11 is 1.69. The highest BCUT2D eigenvalue weighted by Gasteiger charge is 2.10. The predicted molar refractivity (Wildman–Crippen MR) is 58.1 cm³/mol. The van der Waals surface area contributed by atoms with Crippen molar-refractivity contribution in [1.29, 1.82) is 0 Å². The number of nitrogens with zero attached hydrogens (tertiary/aromatic N) is 3. The third-order valence-electron chi connectivity index (χ3n) is 2.24. The zero-order valence-electron chi connectivity index (χ0n) is 8.19. The third kappa shape index (κ3) is 3.13. The molecule has 0 spiro atoms. The van der Waals surface area contributed by atoms with E-state index in [0.717, 1.165) is 45.1 Å². The maximum absolute atomic E-state index is 5.28. The molecule has 0 radical (unpaired) electrons. The fourth-order valence-corrected chi connectivity index (χ4v) is 2.05. The summed E-state index contributed by atoms with van der Waals surface area (Å²) in [6, 6.07) is 0. The lowest BCUT2D eigenvalue weighted by Gasteiger charge is -2.27. The average molecular weight is 216 g/mol. The molecule has 0 aromatic rings. The minimum absolute atomic E-state index is 0.872. The quantitative estimate of drug-likeness (QED) is 0.658. The summed E-state index contributed by atoms with van der Waals surface area (Å²) in [4.78, 5) is 2.40. The number of hydrazone groups is 1. The topological polar surface area (TPSA) is 40.1 Å². The zero-order valence-corrected chi connectivity index (χ0v) is 9.00. The van der Waals surface area contributed by atoms with E-state index in [9.17, 15) is 0 Å². The molecule has 0 unspecified atom stereocenters. The summed E-state index contributed by atoms with van der Waals surface area (Å²) in [5.41, 5.74) is 3.24. The summed E-state index contributed by atoms with van der Waals surface area (Å²) < 4.78 is 7.11. The van der Waals surface area contributed by atoms with Gasteiger partial charge in [-0.1, -0.05) is 0 Å². The summed E-state index contributed by atoms with van der Waals surface area (Å²) in [6.45, 7) is 5.86. The van der Waals surface area contributed by atoms with Crippen LogP contribution in [0.15, 0.2) is 5.10 Å². The van der Waals surface area contributed by atoms with Crippen molar-refractivity contribution in [3.63, 3.8) is 0 Å². The fraction of sp³-hybridized carbons (Fsp3) is 0.875. The highest BCUT2D eigenvalue weighted by molar-refractivity contribution is 7.97. The van der Waals surface area contributed by atoms with E-state index in [1.54, 1.807) is 11.9 Å². The lowest BCUT2D eigenvalue weighted by atomic mass is 10.4. The second-order valence-electron chi connectivity index (χ2n) is 3.23. The molecule has 0 aliphatic carbocycles. The number of ether oxygens (including phenoxy) is 1. The van der Waals surface area contributed by atoms with Crippen LogP contribution in [0.5, 0.6) is 0 Å². The van der Waals surface area contributed by atoms with Gasteiger partial charge in [0.2, 0.25) is 0 Å². The van der Waals surface area contributed by atoms with Crippen molar-refractivity contribution in [1.82, 2.24) is 14.8 Å². The van der Waals surface area contributed by atoms with Crippen LogP contribution < -0.4 is 5.43 Å². The van der Waals surface area contributed by atoms with E-state index in [-0.39, 0.29) is 0 Å². The Bertz CT molecular complexity index is 196. The molecule has 5 nitrogen and oxygen atoms in total. The molecule has 6 heteroatoms. The van der Waals surface area contributed by atoms with Crippen molar-refractivity contribution in [2.45, 2.75) is 0 Å². The van der Waals surface area contributed by atoms with Gasteiger partial charge in [0.15, 0.2) is 0 Å². The van der Waals surface area contributed by atoms with Gasteiger partial charge in [0.1, 0.15) is 0 Å². The number of hydrogen-bond acceptors (Lipinski definition) is 6. The first kappa shape index (κ1) is 10.2. The second kappa shape index (κ2) is 5.55. The predicted octanol–water partition coefficient (Wildman–Crippen LogP) is -0.227. The monoisotopic (exact) mass is 216 g/mol. The standard InChI is InChI=1S/C8H16N4OS/c1(9-12-10-2-8-14-12)3-11-4-6-13-7-5-11/h2,9H,1,3-8H2. The SMILES string of the molecule is C1=NN(NCCN2CCOCC2)SC1. The first-order valence-corrected chi connectivity index (χ1v) is 5.88. The number of morpholine rings is 1. The molecule has 0 saturated carbocycles. The van der Waals surface area contributed by atoms with E-state index in [0.29, 0.717) is 0 Å². The van der Waals surface area contributed by atoms with Gasteiger partial charge in [-0.3, -0.25) is 4.90 Å². The summed E-state index contributed by atoms with van der Waals surface area (Å²) in [7, 11) is 0. The van der Waals surface area contributed by atoms with Crippen LogP contribution in [0, 0.1) is 0 Å². The number of nitrogens with one attached hydrogen (secondary N) is 1. The Morgan fingerprint density at radius 1 is 1.43 bits per heavy atom. The molecule has 14 heavy (non-hydrogen) atoms. The van der Waals surface area contributed by atoms with Gasteiger partial charge >= 0.3 is 0 Å². The molecule has 0 aromatic heterocycles. The molecule has 2 heterocycles. The fourth-order valence-electron chi connectivity index (χ4n) is 1.46. The van der Waals surface area contributed by atoms with E-state index in [1.165, 1.54) is 0 Å². The first-order chi connectivity index (χ1) is 6.95. The van der Waals surface area contributed by atoms with Crippen LogP contribution in [-0.2, 0) is 4.74 Å². The molecule has 2 rings (SSSR count). The molecule has 2 aliphatic rings. The molecule has 0 amide bonds. The molecule has 80 valence electrons. The Labute approximate surface area is 88.6 Å². The molecule has 0 aromatic carbocycles. The Kier molecular flexibility index (Phi) is 4.05. The van der Waals surface area contributed by atoms with Crippen LogP contribution in [0.3, 0.4) is 0 Å². The van der Waals surface area contributed by atoms with Crippen LogP contribution in [-0.4, -0.2) is 60.8 Å². The maximum Gasteiger partial charge on any atom is 0.0594 e. The summed E-state index contributed by atoms with van der Waals surface area (Å²) in [5.74, 6) is 0.977. The van der Waals surface area contributed by atoms with Gasteiger partial charge in [-0.2, -0.15) is 9.62 Å². The van der Waals surface area contributed by atoms with Crippen molar-refractivity contribution in [2.24, 2.45) is 5.10 Å². The lowest BCUT2D eigenvalue weighted by molar-refractivity contribution is 0.0372. The molecule has 2 aliphatic heterocycles. The Morgan fingerprint density at radius 2 is 2.29 bits per heavy atom. The van der Waals surface area contributed by atoms with Crippen molar-refractivity contribution in [3.05, 3.63) is 0 Å². The van der Waals surface area contributed by atoms with E-state index in [4.69, 9.17) is 4.74 Å². The largest absolute Gasteiger partial charge is 0.379 e. The molecule has 1 N–H and O–H groups in total. The minimum atomic E-state index is 0.872. The molecular formula is C8H16N4OS. The van der Waals surface area contributed by atoms with E-state index < -0.39 is 0 Å². The van der Waals surface area contributed by atoms with Crippen LogP contribution >= 0.6 is 11.9 Å². The average Bonchev–Trinajstić information content (AvgIpc) is 2.72. The number of hydrogen-bond donors (Lipinski definition) is 1. The molecule has 0 bridgehead atoms. The van der Waals surface area contributed by atoms with Gasteiger partial charge in [-0.05, 0) is 11.9 Å². The normalized spacial score (nSPS) is 23.3. The van der Waals surface area contributed by atoms with Crippen LogP contribution in [0.25, 0.3) is 0 Å². The molecule has 1 fully saturated rings. The van der Waals surface area contributed by atoms with Gasteiger partial charge in [0.25, 0.3) is 0 Å². The minimum Gasteiger partial charge on any atom is -0.379 e. The second-order valence-corrected chi connectivity index (χ2v) is 4.17. The van der Waals surface area contributed by atoms with Crippen LogP contribution in [0.4, 0.5) is 0 Å². The van der Waals surface area contributed by atoms with Crippen molar-refractivity contribution in [2.75, 3.05) is 45.1 Å². The molecule has 0 atom stereocenters. The van der Waals surface area contributed by atoms with Gasteiger partial charge in [-0.25, -0.2) is 5.43 Å². The summed E-state index contributed by atoms with van der Waals surface area (Å²) in [6.07, 6.45) is 1.91. The highest BCUT2D eigenvalue weighted by atomic mass is 32.2. The molecule has 1 saturated heterocycles. The zero-order chi connectivity index (χ0) is 9.64. The van der Waals surface area contributed by atoms with E-state index in [2.05, 4.69) is 15.4 Å². The van der Waals surface area contributed by atoms with E-state index in [1.807, 2.05) is 10.7 Å². The Hall–Kier alpha value is -0.300. The van der Waals surface area contributed by atoms with Crippen LogP contribution in [0.1, 0.15) is 0 Å².